The molecule has 6 N–H and O–H groups in total. The van der Waals surface area contributed by atoms with Crippen molar-refractivity contribution < 1.29 is 14.7 Å². The van der Waals surface area contributed by atoms with Crippen LogP contribution in [-0.2, 0) is 9.59 Å². The van der Waals surface area contributed by atoms with E-state index in [0.29, 0.717) is 13.0 Å². The molecule has 28 heavy (non-hydrogen) atoms. The Kier molecular flexibility index (Phi) is 8.02. The summed E-state index contributed by atoms with van der Waals surface area (Å²) in [5.74, 6) is -1.71. The van der Waals surface area contributed by atoms with E-state index < -0.39 is 12.0 Å². The SMILES string of the molecule is N=C(N)NCCC[C@H](NC(=O)CC(c1ccccc1)c1ccccc1)C(=O)O. The maximum atomic E-state index is 12.6. The number of carboxylic acid groups (broad SMARTS) is 1. The van der Waals surface area contributed by atoms with Crippen molar-refractivity contribution in [2.75, 3.05) is 6.54 Å². The summed E-state index contributed by atoms with van der Waals surface area (Å²) < 4.78 is 0. The van der Waals surface area contributed by atoms with E-state index in [2.05, 4.69) is 10.6 Å². The number of aliphatic carboxylic acids is 1. The third kappa shape index (κ3) is 6.75. The highest BCUT2D eigenvalue weighted by atomic mass is 16.4. The van der Waals surface area contributed by atoms with Crippen LogP contribution in [0.5, 0.6) is 0 Å². The molecule has 1 atom stereocenters. The number of guanidine groups is 1. The molecule has 2 rings (SSSR count). The second kappa shape index (κ2) is 10.7. The molecule has 0 spiro atoms. The zero-order valence-corrected chi connectivity index (χ0v) is 15.6. The first-order chi connectivity index (χ1) is 13.5. The lowest BCUT2D eigenvalue weighted by atomic mass is 9.88. The van der Waals surface area contributed by atoms with E-state index in [4.69, 9.17) is 11.1 Å². The van der Waals surface area contributed by atoms with Crippen LogP contribution in [0.15, 0.2) is 60.7 Å². The van der Waals surface area contributed by atoms with Crippen molar-refractivity contribution >= 4 is 17.8 Å². The van der Waals surface area contributed by atoms with Crippen molar-refractivity contribution in [3.05, 3.63) is 71.8 Å². The predicted octanol–water partition coefficient (Wildman–Crippen LogP) is 2.04. The zero-order chi connectivity index (χ0) is 20.4. The molecule has 0 aliphatic carbocycles. The molecule has 0 aromatic heterocycles. The second-order valence-corrected chi connectivity index (χ2v) is 6.52. The van der Waals surface area contributed by atoms with Crippen molar-refractivity contribution in [3.63, 3.8) is 0 Å². The molecular weight excluding hydrogens is 356 g/mol. The maximum absolute atomic E-state index is 12.6. The van der Waals surface area contributed by atoms with Crippen molar-refractivity contribution in [2.24, 2.45) is 5.73 Å². The number of carbonyl (C=O) groups excluding carboxylic acids is 1. The highest BCUT2D eigenvalue weighted by Crippen LogP contribution is 2.27. The lowest BCUT2D eigenvalue weighted by molar-refractivity contribution is -0.142. The van der Waals surface area contributed by atoms with Gasteiger partial charge in [-0.15, -0.1) is 0 Å². The van der Waals surface area contributed by atoms with Crippen LogP contribution < -0.4 is 16.4 Å². The van der Waals surface area contributed by atoms with Gasteiger partial charge in [-0.2, -0.15) is 0 Å². The highest BCUT2D eigenvalue weighted by Gasteiger charge is 2.23. The van der Waals surface area contributed by atoms with Crippen LogP contribution in [0.2, 0.25) is 0 Å². The minimum atomic E-state index is -1.08. The summed E-state index contributed by atoms with van der Waals surface area (Å²) in [5.41, 5.74) is 7.20. The second-order valence-electron chi connectivity index (χ2n) is 6.52. The number of hydrogen-bond acceptors (Lipinski definition) is 3. The smallest absolute Gasteiger partial charge is 0.326 e. The van der Waals surface area contributed by atoms with Gasteiger partial charge in [0.1, 0.15) is 6.04 Å². The van der Waals surface area contributed by atoms with Gasteiger partial charge in [0.25, 0.3) is 0 Å². The first kappa shape index (κ1) is 21.0. The zero-order valence-electron chi connectivity index (χ0n) is 15.6. The van der Waals surface area contributed by atoms with Gasteiger partial charge in [0.2, 0.25) is 5.91 Å². The Bertz CT molecular complexity index is 741. The van der Waals surface area contributed by atoms with Crippen molar-refractivity contribution in [3.8, 4) is 0 Å². The van der Waals surface area contributed by atoms with Gasteiger partial charge < -0.3 is 21.5 Å². The fourth-order valence-electron chi connectivity index (χ4n) is 3.02. The number of benzene rings is 2. The van der Waals surface area contributed by atoms with Gasteiger partial charge in [0.15, 0.2) is 5.96 Å². The Morgan fingerprint density at radius 1 is 1.00 bits per heavy atom. The van der Waals surface area contributed by atoms with Crippen molar-refractivity contribution in [1.82, 2.24) is 10.6 Å². The third-order valence-electron chi connectivity index (χ3n) is 4.41. The molecule has 2 aromatic rings. The van der Waals surface area contributed by atoms with Crippen LogP contribution in [-0.4, -0.2) is 35.5 Å². The normalized spacial score (nSPS) is 11.6. The van der Waals surface area contributed by atoms with Crippen LogP contribution in [0.25, 0.3) is 0 Å². The minimum Gasteiger partial charge on any atom is -0.480 e. The summed E-state index contributed by atoms with van der Waals surface area (Å²) in [6.07, 6.45) is 0.879. The van der Waals surface area contributed by atoms with Gasteiger partial charge in [-0.1, -0.05) is 60.7 Å². The number of amides is 1. The fraction of sp³-hybridized carbons (Fsp3) is 0.286. The number of carboxylic acids is 1. The van der Waals surface area contributed by atoms with Crippen LogP contribution in [0, 0.1) is 5.41 Å². The van der Waals surface area contributed by atoms with Crippen LogP contribution >= 0.6 is 0 Å². The average molecular weight is 382 g/mol. The Morgan fingerprint density at radius 2 is 1.54 bits per heavy atom. The standard InChI is InChI=1S/C21H26N4O3/c22-21(23)24-13-7-12-18(20(27)28)25-19(26)14-17(15-8-3-1-4-9-15)16-10-5-2-6-11-16/h1-6,8-11,17-18H,7,12-14H2,(H,25,26)(H,27,28)(H4,22,23,24)/t18-/m0/s1. The molecule has 0 saturated heterocycles. The van der Waals surface area contributed by atoms with Gasteiger partial charge in [-0.3, -0.25) is 10.2 Å². The molecule has 0 unspecified atom stereocenters. The van der Waals surface area contributed by atoms with Crippen LogP contribution in [0.4, 0.5) is 0 Å². The van der Waals surface area contributed by atoms with Crippen molar-refractivity contribution in [2.45, 2.75) is 31.2 Å². The third-order valence-corrected chi connectivity index (χ3v) is 4.41. The molecule has 0 saturated carbocycles. The first-order valence-electron chi connectivity index (χ1n) is 9.17. The van der Waals surface area contributed by atoms with Crippen LogP contribution in [0.1, 0.15) is 36.3 Å². The number of rotatable bonds is 10. The molecule has 2 aromatic carbocycles. The van der Waals surface area contributed by atoms with Gasteiger partial charge in [0, 0.05) is 18.9 Å². The highest BCUT2D eigenvalue weighted by molar-refractivity contribution is 5.84. The lowest BCUT2D eigenvalue weighted by Crippen LogP contribution is -2.42. The Balaban J connectivity index is 2.03. The quantitative estimate of drug-likeness (QED) is 0.244. The van der Waals surface area contributed by atoms with E-state index in [-0.39, 0.29) is 30.6 Å². The summed E-state index contributed by atoms with van der Waals surface area (Å²) in [6, 6.07) is 18.4. The van der Waals surface area contributed by atoms with Crippen molar-refractivity contribution in [1.29, 1.82) is 5.41 Å². The average Bonchev–Trinajstić information content (AvgIpc) is 2.69. The van der Waals surface area contributed by atoms with Crippen LogP contribution in [0.3, 0.4) is 0 Å². The molecule has 0 aliphatic rings. The van der Waals surface area contributed by atoms with Gasteiger partial charge in [-0.05, 0) is 24.0 Å². The summed E-state index contributed by atoms with van der Waals surface area (Å²) in [7, 11) is 0. The molecule has 148 valence electrons. The number of nitrogens with two attached hydrogens (primary N) is 1. The Morgan fingerprint density at radius 3 is 2.00 bits per heavy atom. The Hall–Kier alpha value is -3.35. The summed E-state index contributed by atoms with van der Waals surface area (Å²) in [6.45, 7) is 0.381. The molecule has 7 nitrogen and oxygen atoms in total. The lowest BCUT2D eigenvalue weighted by Gasteiger charge is -2.20. The summed E-state index contributed by atoms with van der Waals surface area (Å²) >= 11 is 0. The monoisotopic (exact) mass is 382 g/mol. The molecule has 0 fully saturated rings. The molecule has 0 radical (unpaired) electrons. The van der Waals surface area contributed by atoms with E-state index in [1.165, 1.54) is 0 Å². The summed E-state index contributed by atoms with van der Waals surface area (Å²) in [4.78, 5) is 24.1. The minimum absolute atomic E-state index is 0.156. The topological polar surface area (TPSA) is 128 Å². The maximum Gasteiger partial charge on any atom is 0.326 e. The predicted molar refractivity (Wildman–Crippen MR) is 108 cm³/mol. The molecule has 7 heteroatoms. The fourth-order valence-corrected chi connectivity index (χ4v) is 3.02. The number of hydrogen-bond donors (Lipinski definition) is 5. The van der Waals surface area contributed by atoms with E-state index >= 15 is 0 Å². The molecule has 0 heterocycles. The molecule has 1 amide bonds. The number of carbonyl (C=O) groups is 2. The van der Waals surface area contributed by atoms with E-state index in [0.717, 1.165) is 11.1 Å². The first-order valence-corrected chi connectivity index (χ1v) is 9.17. The molecular formula is C21H26N4O3. The molecule has 0 aliphatic heterocycles. The molecule has 0 bridgehead atoms. The van der Waals surface area contributed by atoms with E-state index in [9.17, 15) is 14.7 Å². The van der Waals surface area contributed by atoms with Gasteiger partial charge in [0.05, 0.1) is 0 Å². The largest absolute Gasteiger partial charge is 0.480 e. The van der Waals surface area contributed by atoms with Gasteiger partial charge in [-0.25, -0.2) is 4.79 Å². The van der Waals surface area contributed by atoms with E-state index in [1.807, 2.05) is 60.7 Å². The Labute approximate surface area is 164 Å². The number of nitrogens with one attached hydrogen (secondary N) is 3. The van der Waals surface area contributed by atoms with E-state index in [1.54, 1.807) is 0 Å². The summed E-state index contributed by atoms with van der Waals surface area (Å²) in [5, 5.41) is 21.7. The van der Waals surface area contributed by atoms with Gasteiger partial charge >= 0.3 is 5.97 Å².